The molecule has 0 spiro atoms. The summed E-state index contributed by atoms with van der Waals surface area (Å²) < 4.78 is 1.71. The van der Waals surface area contributed by atoms with E-state index in [1.54, 1.807) is 17.1 Å². The highest BCUT2D eigenvalue weighted by Crippen LogP contribution is 2.29. The molecule has 2 amide bonds. The molecule has 1 heterocycles. The lowest BCUT2D eigenvalue weighted by Crippen LogP contribution is -2.18. The normalized spacial score (nSPS) is 10.7. The smallest absolute Gasteiger partial charge is 0.316 e. The van der Waals surface area contributed by atoms with E-state index in [0.29, 0.717) is 5.69 Å². The van der Waals surface area contributed by atoms with Crippen LogP contribution in [0.15, 0.2) is 79.1 Å². The second-order valence-electron chi connectivity index (χ2n) is 5.74. The van der Waals surface area contributed by atoms with Crippen molar-refractivity contribution in [2.75, 3.05) is 5.32 Å². The first-order valence-electron chi connectivity index (χ1n) is 7.90. The highest BCUT2D eigenvalue weighted by atomic mass is 16.2. The van der Waals surface area contributed by atoms with Gasteiger partial charge in [0.15, 0.2) is 0 Å². The summed E-state index contributed by atoms with van der Waals surface area (Å²) in [4.78, 5) is 11.0. The molecule has 0 atom stereocenters. The topological polar surface area (TPSA) is 72.9 Å². The molecule has 4 rings (SSSR count). The Kier molecular flexibility index (Phi) is 3.67. The quantitative estimate of drug-likeness (QED) is 0.592. The number of rotatable bonds is 3. The Labute approximate surface area is 144 Å². The third-order valence-electron chi connectivity index (χ3n) is 4.06. The second kappa shape index (κ2) is 6.13. The molecule has 0 aliphatic rings. The van der Waals surface area contributed by atoms with Crippen molar-refractivity contribution in [2.45, 2.75) is 0 Å². The number of amides is 2. The Bertz CT molecular complexity index is 1060. The lowest BCUT2D eigenvalue weighted by atomic mass is 9.98. The Balaban J connectivity index is 1.77. The third-order valence-corrected chi connectivity index (χ3v) is 4.06. The molecule has 122 valence electrons. The van der Waals surface area contributed by atoms with Crippen molar-refractivity contribution in [2.24, 2.45) is 5.73 Å². The predicted molar refractivity (Wildman–Crippen MR) is 99.7 cm³/mol. The number of hydrogen-bond acceptors (Lipinski definition) is 2. The van der Waals surface area contributed by atoms with Crippen LogP contribution in [0.1, 0.15) is 0 Å². The Hall–Kier alpha value is -3.60. The van der Waals surface area contributed by atoms with Crippen molar-refractivity contribution in [1.29, 1.82) is 0 Å². The molecule has 0 fully saturated rings. The maximum absolute atomic E-state index is 11.0. The van der Waals surface area contributed by atoms with E-state index < -0.39 is 6.03 Å². The van der Waals surface area contributed by atoms with E-state index in [2.05, 4.69) is 52.9 Å². The van der Waals surface area contributed by atoms with E-state index in [1.165, 1.54) is 16.3 Å². The molecule has 5 heteroatoms. The van der Waals surface area contributed by atoms with Crippen LogP contribution >= 0.6 is 0 Å². The number of primary amides is 1. The average Bonchev–Trinajstić information content (AvgIpc) is 3.09. The summed E-state index contributed by atoms with van der Waals surface area (Å²) in [6.07, 6.45) is 3.29. The Morgan fingerprint density at radius 1 is 1.00 bits per heavy atom. The molecule has 0 aliphatic carbocycles. The standard InChI is InChI=1S/C20H16N4O/c21-20(25)23-16-12-22-24(13-16)17-8-3-7-15(11-17)19-10-4-6-14-5-1-2-9-18(14)19/h1-13H,(H3,21,23,25). The summed E-state index contributed by atoms with van der Waals surface area (Å²) in [6.45, 7) is 0. The third kappa shape index (κ3) is 2.95. The SMILES string of the molecule is NC(=O)Nc1cnn(-c2cccc(-c3cccc4ccccc34)c2)c1. The van der Waals surface area contributed by atoms with Crippen molar-refractivity contribution in [1.82, 2.24) is 9.78 Å². The van der Waals surface area contributed by atoms with Gasteiger partial charge in [0.25, 0.3) is 0 Å². The molecular weight excluding hydrogens is 312 g/mol. The lowest BCUT2D eigenvalue weighted by Gasteiger charge is -2.09. The number of hydrogen-bond donors (Lipinski definition) is 2. The van der Waals surface area contributed by atoms with Crippen LogP contribution < -0.4 is 11.1 Å². The number of aromatic nitrogens is 2. The van der Waals surface area contributed by atoms with Gasteiger partial charge in [0.05, 0.1) is 23.8 Å². The highest BCUT2D eigenvalue weighted by Gasteiger charge is 2.07. The monoisotopic (exact) mass is 328 g/mol. The van der Waals surface area contributed by atoms with Gasteiger partial charge in [-0.05, 0) is 34.0 Å². The summed E-state index contributed by atoms with van der Waals surface area (Å²) in [5, 5.41) is 9.22. The minimum absolute atomic E-state index is 0.558. The fraction of sp³-hybridized carbons (Fsp3) is 0. The summed E-state index contributed by atoms with van der Waals surface area (Å²) >= 11 is 0. The zero-order valence-corrected chi connectivity index (χ0v) is 13.4. The largest absolute Gasteiger partial charge is 0.351 e. The molecule has 0 unspecified atom stereocenters. The molecule has 0 bridgehead atoms. The number of carbonyl (C=O) groups is 1. The zero-order chi connectivity index (χ0) is 17.2. The van der Waals surface area contributed by atoms with Crippen molar-refractivity contribution >= 4 is 22.5 Å². The average molecular weight is 328 g/mol. The first-order chi connectivity index (χ1) is 12.2. The summed E-state index contributed by atoms with van der Waals surface area (Å²) in [6, 6.07) is 22.1. The van der Waals surface area contributed by atoms with Crippen LogP contribution in [0.25, 0.3) is 27.6 Å². The number of fused-ring (bicyclic) bond motifs is 1. The second-order valence-corrected chi connectivity index (χ2v) is 5.74. The molecule has 0 aliphatic heterocycles. The summed E-state index contributed by atoms with van der Waals surface area (Å²) in [5.74, 6) is 0. The van der Waals surface area contributed by atoms with Crippen LogP contribution in [0.3, 0.4) is 0 Å². The number of carbonyl (C=O) groups excluding carboxylic acids is 1. The molecule has 4 aromatic rings. The molecule has 0 saturated heterocycles. The number of urea groups is 1. The van der Waals surface area contributed by atoms with Gasteiger partial charge in [-0.3, -0.25) is 0 Å². The van der Waals surface area contributed by atoms with Crippen LogP contribution in [0.2, 0.25) is 0 Å². The van der Waals surface area contributed by atoms with Crippen molar-refractivity contribution in [3.8, 4) is 16.8 Å². The van der Waals surface area contributed by atoms with Crippen LogP contribution in [0, 0.1) is 0 Å². The number of anilines is 1. The fourth-order valence-electron chi connectivity index (χ4n) is 2.96. The molecule has 0 saturated carbocycles. The summed E-state index contributed by atoms with van der Waals surface area (Å²) in [7, 11) is 0. The van der Waals surface area contributed by atoms with Gasteiger partial charge >= 0.3 is 6.03 Å². The van der Waals surface area contributed by atoms with Gasteiger partial charge in [0.1, 0.15) is 0 Å². The van der Waals surface area contributed by atoms with Crippen LogP contribution in [0.4, 0.5) is 10.5 Å². The molecule has 1 aromatic heterocycles. The van der Waals surface area contributed by atoms with E-state index >= 15 is 0 Å². The highest BCUT2D eigenvalue weighted by molar-refractivity contribution is 5.96. The van der Waals surface area contributed by atoms with E-state index in [9.17, 15) is 4.79 Å². The molecule has 3 N–H and O–H groups in total. The molecule has 3 aromatic carbocycles. The van der Waals surface area contributed by atoms with E-state index in [4.69, 9.17) is 5.73 Å². The Morgan fingerprint density at radius 3 is 2.68 bits per heavy atom. The van der Waals surface area contributed by atoms with Gasteiger partial charge < -0.3 is 11.1 Å². The maximum Gasteiger partial charge on any atom is 0.316 e. The molecule has 0 radical (unpaired) electrons. The molecule has 5 nitrogen and oxygen atoms in total. The molecule has 25 heavy (non-hydrogen) atoms. The van der Waals surface area contributed by atoms with Crippen molar-refractivity contribution in [3.05, 3.63) is 79.1 Å². The van der Waals surface area contributed by atoms with Crippen molar-refractivity contribution in [3.63, 3.8) is 0 Å². The zero-order valence-electron chi connectivity index (χ0n) is 13.4. The van der Waals surface area contributed by atoms with Crippen LogP contribution in [0.5, 0.6) is 0 Å². The fourth-order valence-corrected chi connectivity index (χ4v) is 2.96. The van der Waals surface area contributed by atoms with Gasteiger partial charge in [-0.2, -0.15) is 5.10 Å². The van der Waals surface area contributed by atoms with E-state index in [1.807, 2.05) is 24.3 Å². The van der Waals surface area contributed by atoms with Crippen LogP contribution in [-0.4, -0.2) is 15.8 Å². The van der Waals surface area contributed by atoms with Gasteiger partial charge in [0.2, 0.25) is 0 Å². The first kappa shape index (κ1) is 15.0. The number of nitrogens with two attached hydrogens (primary N) is 1. The number of benzene rings is 3. The predicted octanol–water partition coefficient (Wildman–Crippen LogP) is 4.18. The Morgan fingerprint density at radius 2 is 1.80 bits per heavy atom. The maximum atomic E-state index is 11.0. The number of nitrogens with zero attached hydrogens (tertiary/aromatic N) is 2. The van der Waals surface area contributed by atoms with Crippen LogP contribution in [-0.2, 0) is 0 Å². The van der Waals surface area contributed by atoms with Gasteiger partial charge in [-0.1, -0.05) is 54.6 Å². The minimum Gasteiger partial charge on any atom is -0.351 e. The summed E-state index contributed by atoms with van der Waals surface area (Å²) in [5.41, 5.74) is 8.88. The van der Waals surface area contributed by atoms with Gasteiger partial charge in [-0.25, -0.2) is 9.48 Å². The van der Waals surface area contributed by atoms with Crippen molar-refractivity contribution < 1.29 is 4.79 Å². The first-order valence-corrected chi connectivity index (χ1v) is 7.90. The van der Waals surface area contributed by atoms with Gasteiger partial charge in [0, 0.05) is 0 Å². The minimum atomic E-state index is -0.607. The van der Waals surface area contributed by atoms with E-state index in [0.717, 1.165) is 11.3 Å². The lowest BCUT2D eigenvalue weighted by molar-refractivity contribution is 0.259. The van der Waals surface area contributed by atoms with E-state index in [-0.39, 0.29) is 0 Å². The number of nitrogens with one attached hydrogen (secondary N) is 1. The van der Waals surface area contributed by atoms with Gasteiger partial charge in [-0.15, -0.1) is 0 Å². The molecular formula is C20H16N4O.